The fraction of sp³-hybridized carbons (Fsp3) is 0.0492. The number of benzene rings is 12. The summed E-state index contributed by atoms with van der Waals surface area (Å²) < 4.78 is 0. The Kier molecular flexibility index (Phi) is 7.17. The van der Waals surface area contributed by atoms with E-state index in [-0.39, 0.29) is 5.41 Å². The van der Waals surface area contributed by atoms with Crippen molar-refractivity contribution in [2.24, 2.45) is 0 Å². The number of hydrogen-bond donors (Lipinski definition) is 0. The zero-order valence-electron chi connectivity index (χ0n) is 34.1. The molecule has 0 amide bonds. The molecule has 12 aromatic carbocycles. The Balaban J connectivity index is 0.979. The van der Waals surface area contributed by atoms with Crippen molar-refractivity contribution < 1.29 is 0 Å². The molecule has 0 bridgehead atoms. The molecule has 0 aromatic heterocycles. The van der Waals surface area contributed by atoms with Crippen LogP contribution in [0.5, 0.6) is 0 Å². The maximum atomic E-state index is 2.44. The van der Waals surface area contributed by atoms with Crippen LogP contribution in [0.2, 0.25) is 0 Å². The van der Waals surface area contributed by atoms with E-state index < -0.39 is 0 Å². The first kappa shape index (κ1) is 34.3. The molecule has 0 nitrogen and oxygen atoms in total. The number of hydrogen-bond acceptors (Lipinski definition) is 0. The van der Waals surface area contributed by atoms with Crippen molar-refractivity contribution in [2.75, 3.05) is 0 Å². The van der Waals surface area contributed by atoms with Crippen LogP contribution in [0.25, 0.3) is 120 Å². The summed E-state index contributed by atoms with van der Waals surface area (Å²) in [6, 6.07) is 77.3. The van der Waals surface area contributed by atoms with Gasteiger partial charge in [0.1, 0.15) is 0 Å². The zero-order valence-corrected chi connectivity index (χ0v) is 34.1. The molecule has 0 atom stereocenters. The molecule has 1 aliphatic carbocycles. The van der Waals surface area contributed by atoms with E-state index in [0.717, 1.165) is 0 Å². The predicted molar refractivity (Wildman–Crippen MR) is 263 cm³/mol. The molecular formula is C61H40. The monoisotopic (exact) mass is 772 g/mol. The number of rotatable bonds is 3. The lowest BCUT2D eigenvalue weighted by molar-refractivity contribution is 0.667. The minimum absolute atomic E-state index is 0.136. The van der Waals surface area contributed by atoms with Gasteiger partial charge in [-0.05, 0) is 155 Å². The van der Waals surface area contributed by atoms with Crippen molar-refractivity contribution in [3.05, 3.63) is 217 Å². The van der Waals surface area contributed by atoms with E-state index in [1.807, 2.05) is 0 Å². The predicted octanol–water partition coefficient (Wildman–Crippen LogP) is 17.1. The van der Waals surface area contributed by atoms with E-state index in [1.165, 1.54) is 131 Å². The quantitative estimate of drug-likeness (QED) is 0.124. The van der Waals surface area contributed by atoms with Crippen LogP contribution in [0.3, 0.4) is 0 Å². The minimum atomic E-state index is -0.136. The fourth-order valence-corrected chi connectivity index (χ4v) is 11.2. The molecule has 12 aromatic rings. The molecule has 0 N–H and O–H groups in total. The molecule has 0 fully saturated rings. The van der Waals surface area contributed by atoms with Gasteiger partial charge in [-0.1, -0.05) is 196 Å². The summed E-state index contributed by atoms with van der Waals surface area (Å²) >= 11 is 0. The molecule has 0 aliphatic heterocycles. The maximum absolute atomic E-state index is 2.44. The van der Waals surface area contributed by atoms with Crippen LogP contribution in [0.4, 0.5) is 0 Å². The van der Waals surface area contributed by atoms with Gasteiger partial charge in [-0.2, -0.15) is 0 Å². The zero-order chi connectivity index (χ0) is 40.4. The molecule has 0 saturated carbocycles. The van der Waals surface area contributed by atoms with Crippen molar-refractivity contribution in [3.63, 3.8) is 0 Å². The van der Waals surface area contributed by atoms with Crippen molar-refractivity contribution in [2.45, 2.75) is 19.3 Å². The highest BCUT2D eigenvalue weighted by atomic mass is 14.4. The van der Waals surface area contributed by atoms with Gasteiger partial charge in [-0.25, -0.2) is 0 Å². The molecule has 1 aliphatic rings. The van der Waals surface area contributed by atoms with Crippen molar-refractivity contribution in [3.8, 4) is 44.5 Å². The van der Waals surface area contributed by atoms with Crippen LogP contribution >= 0.6 is 0 Å². The molecule has 0 unspecified atom stereocenters. The lowest BCUT2D eigenvalue weighted by atomic mass is 9.78. The second-order valence-corrected chi connectivity index (χ2v) is 17.5. The molecule has 61 heavy (non-hydrogen) atoms. The van der Waals surface area contributed by atoms with Crippen LogP contribution in [0.15, 0.2) is 206 Å². The molecular weight excluding hydrogens is 733 g/mol. The summed E-state index contributed by atoms with van der Waals surface area (Å²) in [4.78, 5) is 0. The standard InChI is InChI=1S/C61H40/c1-61(2)56-36-40-16-4-3-15-39(40)34-55(56)59-47-22-10-9-21-46(47)53-33-41(31-32-52(53)60(59)61)37-27-29-38(30-28-37)57-48-23-11-13-25-50(48)58(51-26-14-12-24-49(51)57)54-35-42-17-5-6-18-43(42)44-19-7-8-20-45(44)54/h3-36H,1-2H3. The number of fused-ring (bicyclic) bond motifs is 14. The van der Waals surface area contributed by atoms with Crippen LogP contribution in [0, 0.1) is 0 Å². The second-order valence-electron chi connectivity index (χ2n) is 17.5. The highest BCUT2D eigenvalue weighted by molar-refractivity contribution is 6.26. The fourth-order valence-electron chi connectivity index (χ4n) is 11.2. The van der Waals surface area contributed by atoms with Gasteiger partial charge in [0.15, 0.2) is 0 Å². The smallest absolute Gasteiger partial charge is 0.0165 e. The van der Waals surface area contributed by atoms with Crippen LogP contribution in [0.1, 0.15) is 25.0 Å². The van der Waals surface area contributed by atoms with E-state index in [0.29, 0.717) is 0 Å². The SMILES string of the molecule is CC1(C)c2cc3ccccc3cc2-c2c1c1ccc(-c3ccc(-c4c5ccccc5c(-c5cc6ccccc6c6ccccc56)c5ccccc45)cc3)cc1c1ccccc21. The lowest BCUT2D eigenvalue weighted by Crippen LogP contribution is -2.15. The Bertz CT molecular complexity index is 3770. The molecule has 284 valence electrons. The first-order chi connectivity index (χ1) is 30.0. The Hall–Kier alpha value is -7.54. The average Bonchev–Trinajstić information content (AvgIpc) is 3.55. The molecule has 0 saturated heterocycles. The summed E-state index contributed by atoms with van der Waals surface area (Å²) in [6.45, 7) is 4.83. The molecule has 0 radical (unpaired) electrons. The molecule has 0 heterocycles. The van der Waals surface area contributed by atoms with Gasteiger partial charge in [0.25, 0.3) is 0 Å². The summed E-state index contributed by atoms with van der Waals surface area (Å²) in [7, 11) is 0. The normalized spacial score (nSPS) is 13.2. The third-order valence-electron chi connectivity index (χ3n) is 14.0. The topological polar surface area (TPSA) is 0 Å². The van der Waals surface area contributed by atoms with Crippen molar-refractivity contribution in [1.29, 1.82) is 0 Å². The van der Waals surface area contributed by atoms with Gasteiger partial charge < -0.3 is 0 Å². The lowest BCUT2D eigenvalue weighted by Gasteiger charge is -2.24. The van der Waals surface area contributed by atoms with Crippen molar-refractivity contribution in [1.82, 2.24) is 0 Å². The average molecular weight is 773 g/mol. The molecule has 0 heteroatoms. The maximum Gasteiger partial charge on any atom is 0.0165 e. The Morgan fingerprint density at radius 1 is 0.262 bits per heavy atom. The Labute approximate surface area is 355 Å². The summed E-state index contributed by atoms with van der Waals surface area (Å²) in [5, 5.41) is 18.1. The minimum Gasteiger partial charge on any atom is -0.0616 e. The van der Waals surface area contributed by atoms with Gasteiger partial charge in [-0.15, -0.1) is 0 Å². The van der Waals surface area contributed by atoms with Crippen LogP contribution < -0.4 is 0 Å². The van der Waals surface area contributed by atoms with Gasteiger partial charge in [0.05, 0.1) is 0 Å². The third kappa shape index (κ3) is 4.88. The highest BCUT2D eigenvalue weighted by Gasteiger charge is 2.38. The highest BCUT2D eigenvalue weighted by Crippen LogP contribution is 2.56. The van der Waals surface area contributed by atoms with Gasteiger partial charge in [0, 0.05) is 5.41 Å². The summed E-state index contributed by atoms with van der Waals surface area (Å²) in [5.74, 6) is 0. The van der Waals surface area contributed by atoms with Crippen molar-refractivity contribution >= 4 is 75.4 Å². The Morgan fingerprint density at radius 3 is 1.34 bits per heavy atom. The first-order valence-corrected chi connectivity index (χ1v) is 21.5. The van der Waals surface area contributed by atoms with Gasteiger partial charge >= 0.3 is 0 Å². The van der Waals surface area contributed by atoms with E-state index in [2.05, 4.69) is 220 Å². The summed E-state index contributed by atoms with van der Waals surface area (Å²) in [6.07, 6.45) is 0. The largest absolute Gasteiger partial charge is 0.0616 e. The van der Waals surface area contributed by atoms with Crippen LogP contribution in [-0.4, -0.2) is 0 Å². The van der Waals surface area contributed by atoms with E-state index in [1.54, 1.807) is 0 Å². The summed E-state index contributed by atoms with van der Waals surface area (Å²) in [5.41, 5.74) is 13.0. The first-order valence-electron chi connectivity index (χ1n) is 21.5. The third-order valence-corrected chi connectivity index (χ3v) is 14.0. The van der Waals surface area contributed by atoms with Gasteiger partial charge in [0.2, 0.25) is 0 Å². The second kappa shape index (κ2) is 12.7. The van der Waals surface area contributed by atoms with Gasteiger partial charge in [-0.3, -0.25) is 0 Å². The van der Waals surface area contributed by atoms with Crippen LogP contribution in [-0.2, 0) is 5.41 Å². The molecule has 13 rings (SSSR count). The van der Waals surface area contributed by atoms with E-state index in [4.69, 9.17) is 0 Å². The van der Waals surface area contributed by atoms with E-state index >= 15 is 0 Å². The Morgan fingerprint density at radius 2 is 0.705 bits per heavy atom. The van der Waals surface area contributed by atoms with E-state index in [9.17, 15) is 0 Å². The molecule has 0 spiro atoms.